The Kier molecular flexibility index (Phi) is 3.04. The second kappa shape index (κ2) is 5.30. The molecular formula is C22H17N3O. The van der Waals surface area contributed by atoms with E-state index in [-0.39, 0.29) is 5.75 Å². The molecule has 5 aromatic rings. The van der Waals surface area contributed by atoms with Gasteiger partial charge in [-0.2, -0.15) is 0 Å². The summed E-state index contributed by atoms with van der Waals surface area (Å²) in [7, 11) is 0. The Morgan fingerprint density at radius 3 is 1.77 bits per heavy atom. The molecule has 0 aliphatic rings. The van der Waals surface area contributed by atoms with Crippen LogP contribution in [0.2, 0.25) is 0 Å². The van der Waals surface area contributed by atoms with Gasteiger partial charge in [0.15, 0.2) is 0 Å². The van der Waals surface area contributed by atoms with E-state index in [1.165, 1.54) is 0 Å². The summed E-state index contributed by atoms with van der Waals surface area (Å²) < 4.78 is 0. The lowest BCUT2D eigenvalue weighted by Gasteiger charge is -2.07. The molecule has 0 spiro atoms. The molecule has 1 N–H and O–H groups in total. The van der Waals surface area contributed by atoms with Crippen molar-refractivity contribution in [2.75, 3.05) is 0 Å². The second-order valence-electron chi connectivity index (χ2n) is 6.73. The maximum absolute atomic E-state index is 10.5. The lowest BCUT2D eigenvalue weighted by molar-refractivity contribution is 0.463. The number of rotatable bonds is 1. The molecule has 4 heteroatoms. The molecule has 1 heterocycles. The van der Waals surface area contributed by atoms with Crippen molar-refractivity contribution in [1.82, 2.24) is 15.0 Å². The third-order valence-electron chi connectivity index (χ3n) is 4.91. The van der Waals surface area contributed by atoms with E-state index in [2.05, 4.69) is 24.3 Å². The molecule has 4 nitrogen and oxygen atoms in total. The molecule has 4 aromatic carbocycles. The molecule has 126 valence electrons. The maximum Gasteiger partial charge on any atom is 0.146 e. The van der Waals surface area contributed by atoms with E-state index >= 15 is 0 Å². The molecule has 26 heavy (non-hydrogen) atoms. The van der Waals surface area contributed by atoms with Crippen LogP contribution in [0.3, 0.4) is 0 Å². The van der Waals surface area contributed by atoms with Crippen LogP contribution in [0.15, 0.2) is 60.7 Å². The minimum absolute atomic E-state index is 0.213. The first-order chi connectivity index (χ1) is 12.6. The van der Waals surface area contributed by atoms with Gasteiger partial charge in [-0.3, -0.25) is 0 Å². The van der Waals surface area contributed by atoms with Crippen molar-refractivity contribution < 1.29 is 5.11 Å². The van der Waals surface area contributed by atoms with Crippen molar-refractivity contribution >= 4 is 32.6 Å². The molecule has 0 fully saturated rings. The number of aryl methyl sites for hydroxylation is 2. The zero-order valence-corrected chi connectivity index (χ0v) is 14.6. The Bertz CT molecular complexity index is 1250. The van der Waals surface area contributed by atoms with Gasteiger partial charge in [-0.1, -0.05) is 54.6 Å². The molecular weight excluding hydrogens is 322 g/mol. The fourth-order valence-electron chi connectivity index (χ4n) is 3.72. The Labute approximate surface area is 150 Å². The summed E-state index contributed by atoms with van der Waals surface area (Å²) in [5.41, 5.74) is 4.17. The SMILES string of the molecule is Cc1cc(C)c(O)c(-n2nc3c4ccccc4c4ccccc4c3n2)c1. The smallest absolute Gasteiger partial charge is 0.146 e. The van der Waals surface area contributed by atoms with Crippen LogP contribution in [0.4, 0.5) is 0 Å². The van der Waals surface area contributed by atoms with E-state index in [0.29, 0.717) is 5.69 Å². The normalized spacial score (nSPS) is 11.6. The number of hydrogen-bond donors (Lipinski definition) is 1. The average molecular weight is 339 g/mol. The van der Waals surface area contributed by atoms with Crippen molar-refractivity contribution in [1.29, 1.82) is 0 Å². The third-order valence-corrected chi connectivity index (χ3v) is 4.91. The predicted octanol–water partition coefficient (Wildman–Crippen LogP) is 5.05. The quantitative estimate of drug-likeness (QED) is 0.435. The van der Waals surface area contributed by atoms with Crippen LogP contribution in [-0.4, -0.2) is 20.1 Å². The molecule has 0 radical (unpaired) electrons. The van der Waals surface area contributed by atoms with E-state index in [9.17, 15) is 5.11 Å². The van der Waals surface area contributed by atoms with Gasteiger partial charge in [0.05, 0.1) is 0 Å². The highest BCUT2D eigenvalue weighted by molar-refractivity contribution is 6.22. The predicted molar refractivity (Wildman–Crippen MR) is 105 cm³/mol. The average Bonchev–Trinajstić information content (AvgIpc) is 3.10. The van der Waals surface area contributed by atoms with Gasteiger partial charge in [0.1, 0.15) is 22.5 Å². The molecule has 0 unspecified atom stereocenters. The number of aromatic hydroxyl groups is 1. The van der Waals surface area contributed by atoms with Gasteiger partial charge >= 0.3 is 0 Å². The monoisotopic (exact) mass is 339 g/mol. The van der Waals surface area contributed by atoms with Gasteiger partial charge < -0.3 is 5.11 Å². The fourth-order valence-corrected chi connectivity index (χ4v) is 3.72. The first-order valence-electron chi connectivity index (χ1n) is 8.60. The minimum atomic E-state index is 0.213. The van der Waals surface area contributed by atoms with Crippen molar-refractivity contribution in [2.45, 2.75) is 13.8 Å². The van der Waals surface area contributed by atoms with Crippen LogP contribution >= 0.6 is 0 Å². The van der Waals surface area contributed by atoms with Gasteiger partial charge in [-0.15, -0.1) is 15.0 Å². The zero-order valence-electron chi connectivity index (χ0n) is 14.6. The number of benzene rings is 4. The number of phenolic OH excluding ortho intramolecular Hbond substituents is 1. The molecule has 0 bridgehead atoms. The van der Waals surface area contributed by atoms with Crippen LogP contribution in [0.5, 0.6) is 5.75 Å². The summed E-state index contributed by atoms with van der Waals surface area (Å²) in [4.78, 5) is 1.55. The van der Waals surface area contributed by atoms with Gasteiger partial charge in [-0.25, -0.2) is 0 Å². The molecule has 0 aliphatic carbocycles. The van der Waals surface area contributed by atoms with Crippen LogP contribution < -0.4 is 0 Å². The highest BCUT2D eigenvalue weighted by Gasteiger charge is 2.16. The second-order valence-corrected chi connectivity index (χ2v) is 6.73. The van der Waals surface area contributed by atoms with Crippen molar-refractivity contribution in [2.24, 2.45) is 0 Å². The summed E-state index contributed by atoms with van der Waals surface area (Å²) in [5.74, 6) is 0.213. The Hall–Kier alpha value is -3.40. The number of phenols is 1. The van der Waals surface area contributed by atoms with E-state index in [1.54, 1.807) is 4.80 Å². The number of nitrogens with zero attached hydrogens (tertiary/aromatic N) is 3. The van der Waals surface area contributed by atoms with E-state index < -0.39 is 0 Å². The van der Waals surface area contributed by atoms with Gasteiger partial charge in [0.25, 0.3) is 0 Å². The highest BCUT2D eigenvalue weighted by atomic mass is 16.3. The lowest BCUT2D eigenvalue weighted by atomic mass is 10.0. The first kappa shape index (κ1) is 14.9. The summed E-state index contributed by atoms with van der Waals surface area (Å²) in [6.07, 6.45) is 0. The molecule has 0 amide bonds. The molecule has 0 saturated heterocycles. The Balaban J connectivity index is 1.95. The summed E-state index contributed by atoms with van der Waals surface area (Å²) >= 11 is 0. The molecule has 5 rings (SSSR count). The molecule has 0 aliphatic heterocycles. The fraction of sp³-hybridized carbons (Fsp3) is 0.0909. The van der Waals surface area contributed by atoms with Crippen molar-refractivity contribution in [3.05, 3.63) is 71.8 Å². The maximum atomic E-state index is 10.5. The summed E-state index contributed by atoms with van der Waals surface area (Å²) in [5, 5.41) is 24.5. The number of aromatic nitrogens is 3. The van der Waals surface area contributed by atoms with Crippen LogP contribution in [-0.2, 0) is 0 Å². The van der Waals surface area contributed by atoms with Crippen LogP contribution in [0.1, 0.15) is 11.1 Å². The van der Waals surface area contributed by atoms with Gasteiger partial charge in [0, 0.05) is 10.8 Å². The molecule has 0 saturated carbocycles. The minimum Gasteiger partial charge on any atom is -0.505 e. The topological polar surface area (TPSA) is 50.9 Å². The summed E-state index contributed by atoms with van der Waals surface area (Å²) in [6.45, 7) is 3.89. The lowest BCUT2D eigenvalue weighted by Crippen LogP contribution is -2.00. The van der Waals surface area contributed by atoms with Crippen molar-refractivity contribution in [3.8, 4) is 11.4 Å². The number of hydrogen-bond acceptors (Lipinski definition) is 3. The standard InChI is InChI=1S/C22H17N3O/c1-13-11-14(2)22(26)19(12-13)25-23-20-17-9-5-3-7-15(17)16-8-4-6-10-18(16)21(20)24-25/h3-12,26H,1-2H3. The summed E-state index contributed by atoms with van der Waals surface area (Å²) in [6, 6.07) is 20.4. The van der Waals surface area contributed by atoms with Crippen LogP contribution in [0, 0.1) is 13.8 Å². The Morgan fingerprint density at radius 2 is 1.23 bits per heavy atom. The molecule has 1 aromatic heterocycles. The van der Waals surface area contributed by atoms with E-state index in [1.807, 2.05) is 50.2 Å². The molecule has 0 atom stereocenters. The van der Waals surface area contributed by atoms with Crippen LogP contribution in [0.25, 0.3) is 38.3 Å². The van der Waals surface area contributed by atoms with E-state index in [4.69, 9.17) is 10.2 Å². The highest BCUT2D eigenvalue weighted by Crippen LogP contribution is 2.34. The van der Waals surface area contributed by atoms with Crippen molar-refractivity contribution in [3.63, 3.8) is 0 Å². The Morgan fingerprint density at radius 1 is 0.731 bits per heavy atom. The van der Waals surface area contributed by atoms with Gasteiger partial charge in [0.2, 0.25) is 0 Å². The first-order valence-corrected chi connectivity index (χ1v) is 8.60. The number of fused-ring (bicyclic) bond motifs is 6. The van der Waals surface area contributed by atoms with Gasteiger partial charge in [-0.05, 0) is 41.8 Å². The zero-order chi connectivity index (χ0) is 17.8. The third kappa shape index (κ3) is 2.02. The van der Waals surface area contributed by atoms with E-state index in [0.717, 1.165) is 43.7 Å². The largest absolute Gasteiger partial charge is 0.505 e.